The molecule has 0 saturated carbocycles. The highest BCUT2D eigenvalue weighted by atomic mass is 32.1. The summed E-state index contributed by atoms with van der Waals surface area (Å²) in [6, 6.07) is 15.3. The Kier molecular flexibility index (Phi) is 5.00. The van der Waals surface area contributed by atoms with Crippen LogP contribution in [0.1, 0.15) is 12.5 Å². The highest BCUT2D eigenvalue weighted by Crippen LogP contribution is 2.21. The number of hydrogen-bond acceptors (Lipinski definition) is 2. The van der Waals surface area contributed by atoms with E-state index < -0.39 is 0 Å². The first kappa shape index (κ1) is 16.7. The number of nitrogens with one attached hydrogen (secondary N) is 1. The van der Waals surface area contributed by atoms with Gasteiger partial charge < -0.3 is 15.1 Å². The Morgan fingerprint density at radius 1 is 1.08 bits per heavy atom. The molecule has 0 bridgehead atoms. The van der Waals surface area contributed by atoms with Crippen LogP contribution in [0.3, 0.4) is 0 Å². The van der Waals surface area contributed by atoms with Crippen molar-refractivity contribution in [3.05, 3.63) is 59.9 Å². The minimum Gasteiger partial charge on any atom is -0.365 e. The smallest absolute Gasteiger partial charge is 0.173 e. The molecule has 1 fully saturated rings. The molecule has 0 aliphatic carbocycles. The second kappa shape index (κ2) is 7.18. The Labute approximate surface area is 148 Å². The number of anilines is 2. The van der Waals surface area contributed by atoms with Gasteiger partial charge in [-0.05, 0) is 62.5 Å². The zero-order valence-electron chi connectivity index (χ0n) is 14.0. The van der Waals surface area contributed by atoms with Gasteiger partial charge in [0.2, 0.25) is 0 Å². The zero-order chi connectivity index (χ0) is 17.1. The molecule has 1 N–H and O–H groups in total. The summed E-state index contributed by atoms with van der Waals surface area (Å²) in [6.07, 6.45) is 0. The Balaban J connectivity index is 1.61. The van der Waals surface area contributed by atoms with Gasteiger partial charge in [0.05, 0.1) is 0 Å². The Morgan fingerprint density at radius 3 is 2.38 bits per heavy atom. The van der Waals surface area contributed by atoms with Crippen LogP contribution < -0.4 is 10.2 Å². The van der Waals surface area contributed by atoms with Crippen LogP contribution in [0.2, 0.25) is 0 Å². The van der Waals surface area contributed by atoms with E-state index in [4.69, 9.17) is 12.2 Å². The highest BCUT2D eigenvalue weighted by molar-refractivity contribution is 7.80. The maximum Gasteiger partial charge on any atom is 0.173 e. The number of rotatable bonds is 2. The molecule has 1 saturated heterocycles. The molecule has 1 aliphatic rings. The number of benzene rings is 2. The number of hydrogen-bond donors (Lipinski definition) is 1. The Bertz CT molecular complexity index is 700. The minimum absolute atomic E-state index is 0.244. The summed E-state index contributed by atoms with van der Waals surface area (Å²) < 4.78 is 13.0. The van der Waals surface area contributed by atoms with Crippen LogP contribution in [0.15, 0.2) is 48.5 Å². The summed E-state index contributed by atoms with van der Waals surface area (Å²) in [5, 5.41) is 3.89. The van der Waals surface area contributed by atoms with Crippen LogP contribution in [0.5, 0.6) is 0 Å². The maximum absolute atomic E-state index is 13.0. The van der Waals surface area contributed by atoms with E-state index in [2.05, 4.69) is 53.2 Å². The summed E-state index contributed by atoms with van der Waals surface area (Å²) in [5.41, 5.74) is 3.34. The number of thiocarbonyl (C=S) groups is 1. The van der Waals surface area contributed by atoms with E-state index in [9.17, 15) is 4.39 Å². The summed E-state index contributed by atoms with van der Waals surface area (Å²) >= 11 is 5.52. The van der Waals surface area contributed by atoms with E-state index in [1.807, 2.05) is 0 Å². The molecule has 126 valence electrons. The lowest BCUT2D eigenvalue weighted by Crippen LogP contribution is -2.54. The summed E-state index contributed by atoms with van der Waals surface area (Å²) in [5.74, 6) is -0.244. The van der Waals surface area contributed by atoms with Crippen molar-refractivity contribution in [2.75, 3.05) is 29.9 Å². The molecule has 0 spiro atoms. The fraction of sp³-hybridized carbons (Fsp3) is 0.316. The van der Waals surface area contributed by atoms with E-state index in [-0.39, 0.29) is 5.82 Å². The quantitative estimate of drug-likeness (QED) is 0.829. The number of nitrogens with zero attached hydrogens (tertiary/aromatic N) is 2. The van der Waals surface area contributed by atoms with Crippen LogP contribution in [0.4, 0.5) is 15.8 Å². The topological polar surface area (TPSA) is 18.5 Å². The van der Waals surface area contributed by atoms with Crippen molar-refractivity contribution >= 4 is 28.7 Å². The van der Waals surface area contributed by atoms with Gasteiger partial charge in [-0.1, -0.05) is 17.7 Å². The van der Waals surface area contributed by atoms with Gasteiger partial charge in [0, 0.05) is 37.1 Å². The van der Waals surface area contributed by atoms with Crippen LogP contribution >= 0.6 is 12.2 Å². The summed E-state index contributed by atoms with van der Waals surface area (Å²) in [4.78, 5) is 4.59. The predicted molar refractivity (Wildman–Crippen MR) is 102 cm³/mol. The third-order valence-electron chi connectivity index (χ3n) is 4.38. The minimum atomic E-state index is -0.244. The fourth-order valence-electron chi connectivity index (χ4n) is 3.00. The molecule has 1 aliphatic heterocycles. The molecule has 2 aromatic rings. The second-order valence-corrected chi connectivity index (χ2v) is 6.65. The first-order chi connectivity index (χ1) is 11.5. The standard InChI is InChI=1S/C19H22FN3S/c1-14-3-9-18(10-4-14)23-12-11-22(13-15(23)2)19(24)21-17-7-5-16(20)6-8-17/h3-10,15H,11-13H2,1-2H3,(H,21,24). The van der Waals surface area contributed by atoms with Gasteiger partial charge in [0.1, 0.15) is 5.82 Å². The lowest BCUT2D eigenvalue weighted by Gasteiger charge is -2.42. The van der Waals surface area contributed by atoms with Gasteiger partial charge in [-0.25, -0.2) is 4.39 Å². The van der Waals surface area contributed by atoms with E-state index >= 15 is 0 Å². The molecule has 0 aromatic heterocycles. The molecule has 0 amide bonds. The van der Waals surface area contributed by atoms with Crippen molar-refractivity contribution in [3.63, 3.8) is 0 Å². The molecule has 5 heteroatoms. The first-order valence-electron chi connectivity index (χ1n) is 8.18. The SMILES string of the molecule is Cc1ccc(N2CCN(C(=S)Nc3ccc(F)cc3)CC2C)cc1. The third kappa shape index (κ3) is 3.85. The molecule has 3 nitrogen and oxygen atoms in total. The molecular formula is C19H22FN3S. The molecular weight excluding hydrogens is 321 g/mol. The van der Waals surface area contributed by atoms with Gasteiger partial charge in [-0.2, -0.15) is 0 Å². The van der Waals surface area contributed by atoms with Crippen molar-refractivity contribution < 1.29 is 4.39 Å². The average molecular weight is 343 g/mol. The van der Waals surface area contributed by atoms with E-state index in [0.29, 0.717) is 11.2 Å². The third-order valence-corrected chi connectivity index (χ3v) is 4.74. The van der Waals surface area contributed by atoms with Crippen molar-refractivity contribution in [2.24, 2.45) is 0 Å². The number of piperazine rings is 1. The first-order valence-corrected chi connectivity index (χ1v) is 8.58. The van der Waals surface area contributed by atoms with E-state index in [0.717, 1.165) is 25.3 Å². The van der Waals surface area contributed by atoms with Crippen LogP contribution in [0, 0.1) is 12.7 Å². The normalized spacial score (nSPS) is 17.7. The molecule has 3 rings (SSSR count). The van der Waals surface area contributed by atoms with Crippen molar-refractivity contribution in [1.82, 2.24) is 4.90 Å². The van der Waals surface area contributed by atoms with Crippen molar-refractivity contribution in [1.29, 1.82) is 0 Å². The monoisotopic (exact) mass is 343 g/mol. The largest absolute Gasteiger partial charge is 0.365 e. The number of halogens is 1. The molecule has 1 unspecified atom stereocenters. The lowest BCUT2D eigenvalue weighted by atomic mass is 10.1. The van der Waals surface area contributed by atoms with Gasteiger partial charge in [-0.15, -0.1) is 0 Å². The maximum atomic E-state index is 13.0. The van der Waals surface area contributed by atoms with E-state index in [1.54, 1.807) is 12.1 Å². The van der Waals surface area contributed by atoms with Gasteiger partial charge in [0.15, 0.2) is 5.11 Å². The summed E-state index contributed by atoms with van der Waals surface area (Å²) in [7, 11) is 0. The van der Waals surface area contributed by atoms with Gasteiger partial charge in [-0.3, -0.25) is 0 Å². The molecule has 1 atom stereocenters. The molecule has 1 heterocycles. The fourth-order valence-corrected chi connectivity index (χ4v) is 3.28. The van der Waals surface area contributed by atoms with Crippen molar-refractivity contribution in [3.8, 4) is 0 Å². The van der Waals surface area contributed by atoms with Gasteiger partial charge in [0.25, 0.3) is 0 Å². The summed E-state index contributed by atoms with van der Waals surface area (Å²) in [6.45, 7) is 6.97. The molecule has 2 aromatic carbocycles. The Hall–Kier alpha value is -2.14. The second-order valence-electron chi connectivity index (χ2n) is 6.26. The highest BCUT2D eigenvalue weighted by Gasteiger charge is 2.25. The van der Waals surface area contributed by atoms with Crippen LogP contribution in [0.25, 0.3) is 0 Å². The van der Waals surface area contributed by atoms with Gasteiger partial charge >= 0.3 is 0 Å². The average Bonchev–Trinajstić information content (AvgIpc) is 2.58. The number of aryl methyl sites for hydroxylation is 1. The van der Waals surface area contributed by atoms with E-state index in [1.165, 1.54) is 23.4 Å². The van der Waals surface area contributed by atoms with Crippen LogP contribution in [-0.2, 0) is 0 Å². The zero-order valence-corrected chi connectivity index (χ0v) is 14.8. The predicted octanol–water partition coefficient (Wildman–Crippen LogP) is 4.04. The molecule has 24 heavy (non-hydrogen) atoms. The molecule has 0 radical (unpaired) electrons. The van der Waals surface area contributed by atoms with Crippen LogP contribution in [-0.4, -0.2) is 35.7 Å². The Morgan fingerprint density at radius 2 is 1.75 bits per heavy atom. The lowest BCUT2D eigenvalue weighted by molar-refractivity contribution is 0.342. The van der Waals surface area contributed by atoms with Crippen molar-refractivity contribution in [2.45, 2.75) is 19.9 Å².